The molecule has 168 valence electrons. The van der Waals surface area contributed by atoms with Gasteiger partial charge in [0.2, 0.25) is 5.75 Å². The van der Waals surface area contributed by atoms with Crippen LogP contribution in [0.3, 0.4) is 0 Å². The molecule has 0 saturated carbocycles. The second-order valence-electron chi connectivity index (χ2n) is 7.05. The van der Waals surface area contributed by atoms with Crippen LogP contribution < -0.4 is 14.2 Å². The molecule has 0 fully saturated rings. The zero-order chi connectivity index (χ0) is 22.8. The third kappa shape index (κ3) is 3.66. The summed E-state index contributed by atoms with van der Waals surface area (Å²) in [6, 6.07) is 6.23. The summed E-state index contributed by atoms with van der Waals surface area (Å²) in [5.41, 5.74) is 2.28. The number of nitrogens with zero attached hydrogens (tertiary/aromatic N) is 2. The SMILES string of the molecule is COC(=O)C1c2ccsc2CCN1C(=O)c1cc(-c2cc(OC)c(OC)c(OC)c2)n[nH]1. The molecule has 0 bridgehead atoms. The molecule has 1 amide bonds. The van der Waals surface area contributed by atoms with E-state index in [0.717, 1.165) is 10.4 Å². The number of benzene rings is 1. The van der Waals surface area contributed by atoms with Crippen molar-refractivity contribution in [3.63, 3.8) is 0 Å². The Labute approximate surface area is 188 Å². The molecule has 1 aliphatic rings. The molecule has 32 heavy (non-hydrogen) atoms. The van der Waals surface area contributed by atoms with Crippen LogP contribution in [0, 0.1) is 0 Å². The van der Waals surface area contributed by atoms with E-state index < -0.39 is 12.0 Å². The molecular weight excluding hydrogens is 434 g/mol. The lowest BCUT2D eigenvalue weighted by atomic mass is 9.99. The van der Waals surface area contributed by atoms with Crippen molar-refractivity contribution < 1.29 is 28.5 Å². The molecule has 1 aromatic carbocycles. The standard InChI is InChI=1S/C22H23N3O6S/c1-28-16-9-12(10-17(29-2)20(16)30-3)14-11-15(24-23-14)21(26)25-7-5-18-13(6-8-32-18)19(25)22(27)31-4/h6,8-11,19H,5,7H2,1-4H3,(H,23,24). The summed E-state index contributed by atoms with van der Waals surface area (Å²) < 4.78 is 21.1. The number of amides is 1. The fourth-order valence-electron chi connectivity index (χ4n) is 3.86. The van der Waals surface area contributed by atoms with Gasteiger partial charge in [0.15, 0.2) is 17.5 Å². The number of thiophene rings is 1. The highest BCUT2D eigenvalue weighted by Gasteiger charge is 2.38. The predicted octanol–water partition coefficient (Wildman–Crippen LogP) is 3.08. The molecule has 4 rings (SSSR count). The first-order chi connectivity index (χ1) is 15.5. The summed E-state index contributed by atoms with van der Waals surface area (Å²) in [5, 5.41) is 9.01. The fourth-order valence-corrected chi connectivity index (χ4v) is 4.77. The van der Waals surface area contributed by atoms with E-state index in [-0.39, 0.29) is 11.6 Å². The van der Waals surface area contributed by atoms with Crippen molar-refractivity contribution in [1.29, 1.82) is 0 Å². The van der Waals surface area contributed by atoms with Gasteiger partial charge >= 0.3 is 5.97 Å². The number of aromatic amines is 1. The molecule has 0 saturated heterocycles. The maximum absolute atomic E-state index is 13.3. The maximum atomic E-state index is 13.3. The minimum absolute atomic E-state index is 0.265. The number of H-pyrrole nitrogens is 1. The molecule has 1 atom stereocenters. The normalized spacial score (nSPS) is 15.1. The van der Waals surface area contributed by atoms with Crippen LogP contribution in [-0.4, -0.2) is 62.0 Å². The van der Waals surface area contributed by atoms with E-state index in [1.807, 2.05) is 11.4 Å². The van der Waals surface area contributed by atoms with E-state index in [2.05, 4.69) is 10.2 Å². The zero-order valence-corrected chi connectivity index (χ0v) is 18.9. The number of fused-ring (bicyclic) bond motifs is 1. The summed E-state index contributed by atoms with van der Waals surface area (Å²) >= 11 is 1.58. The van der Waals surface area contributed by atoms with Crippen LogP contribution in [-0.2, 0) is 16.0 Å². The topological polar surface area (TPSA) is 103 Å². The highest BCUT2D eigenvalue weighted by atomic mass is 32.1. The number of rotatable bonds is 6. The fraction of sp³-hybridized carbons (Fsp3) is 0.318. The van der Waals surface area contributed by atoms with Crippen molar-refractivity contribution in [2.45, 2.75) is 12.5 Å². The molecule has 3 heterocycles. The summed E-state index contributed by atoms with van der Waals surface area (Å²) in [7, 11) is 5.91. The predicted molar refractivity (Wildman–Crippen MR) is 117 cm³/mol. The van der Waals surface area contributed by atoms with Gasteiger partial charge < -0.3 is 23.8 Å². The van der Waals surface area contributed by atoms with E-state index in [1.165, 1.54) is 33.3 Å². The molecule has 1 N–H and O–H groups in total. The number of aromatic nitrogens is 2. The number of hydrogen-bond donors (Lipinski definition) is 1. The Bertz CT molecular complexity index is 1130. The van der Waals surface area contributed by atoms with E-state index in [9.17, 15) is 9.59 Å². The lowest BCUT2D eigenvalue weighted by molar-refractivity contribution is -0.146. The largest absolute Gasteiger partial charge is 0.493 e. The van der Waals surface area contributed by atoms with Gasteiger partial charge in [0.1, 0.15) is 5.69 Å². The number of nitrogens with one attached hydrogen (secondary N) is 1. The van der Waals surface area contributed by atoms with Crippen molar-refractivity contribution >= 4 is 23.2 Å². The first kappa shape index (κ1) is 21.7. The molecule has 0 radical (unpaired) electrons. The molecule has 0 spiro atoms. The van der Waals surface area contributed by atoms with Gasteiger partial charge in [-0.1, -0.05) is 0 Å². The quantitative estimate of drug-likeness (QED) is 0.568. The lowest BCUT2D eigenvalue weighted by Gasteiger charge is -2.33. The van der Waals surface area contributed by atoms with Crippen LogP contribution >= 0.6 is 11.3 Å². The van der Waals surface area contributed by atoms with Gasteiger partial charge in [-0.3, -0.25) is 9.89 Å². The first-order valence-electron chi connectivity index (χ1n) is 9.83. The Morgan fingerprint density at radius 1 is 1.09 bits per heavy atom. The third-order valence-electron chi connectivity index (χ3n) is 5.42. The molecule has 1 unspecified atom stereocenters. The number of methoxy groups -OCH3 is 4. The van der Waals surface area contributed by atoms with Crippen molar-refractivity contribution in [2.75, 3.05) is 35.0 Å². The minimum Gasteiger partial charge on any atom is -0.493 e. The van der Waals surface area contributed by atoms with Gasteiger partial charge in [0.05, 0.1) is 34.1 Å². The van der Waals surface area contributed by atoms with Crippen LogP contribution in [0.5, 0.6) is 17.2 Å². The average Bonchev–Trinajstić information content (AvgIpc) is 3.51. The van der Waals surface area contributed by atoms with Gasteiger partial charge in [-0.05, 0) is 41.6 Å². The third-order valence-corrected chi connectivity index (χ3v) is 6.42. The molecule has 10 heteroatoms. The van der Waals surface area contributed by atoms with Crippen LogP contribution in [0.4, 0.5) is 0 Å². The van der Waals surface area contributed by atoms with E-state index in [4.69, 9.17) is 18.9 Å². The van der Waals surface area contributed by atoms with Gasteiger partial charge in [-0.15, -0.1) is 11.3 Å². The van der Waals surface area contributed by atoms with Crippen LogP contribution in [0.15, 0.2) is 29.6 Å². The lowest BCUT2D eigenvalue weighted by Crippen LogP contribution is -2.43. The van der Waals surface area contributed by atoms with Gasteiger partial charge in [-0.25, -0.2) is 4.79 Å². The summed E-state index contributed by atoms with van der Waals surface area (Å²) in [4.78, 5) is 28.5. The van der Waals surface area contributed by atoms with Crippen molar-refractivity contribution in [3.05, 3.63) is 45.8 Å². The smallest absolute Gasteiger partial charge is 0.333 e. The minimum atomic E-state index is -0.782. The average molecular weight is 458 g/mol. The van der Waals surface area contributed by atoms with Gasteiger partial charge in [-0.2, -0.15) is 5.10 Å². The highest BCUT2D eigenvalue weighted by Crippen LogP contribution is 2.41. The zero-order valence-electron chi connectivity index (χ0n) is 18.1. The first-order valence-corrected chi connectivity index (χ1v) is 10.7. The van der Waals surface area contributed by atoms with Gasteiger partial charge in [0.25, 0.3) is 5.91 Å². The number of carbonyl (C=O) groups excluding carboxylic acids is 2. The van der Waals surface area contributed by atoms with Crippen LogP contribution in [0.1, 0.15) is 27.0 Å². The van der Waals surface area contributed by atoms with E-state index in [0.29, 0.717) is 41.5 Å². The molecular formula is C22H23N3O6S. The molecule has 0 aliphatic carbocycles. The van der Waals surface area contributed by atoms with Gasteiger partial charge in [0, 0.05) is 17.0 Å². The number of ether oxygens (including phenoxy) is 4. The van der Waals surface area contributed by atoms with Crippen molar-refractivity contribution in [3.8, 4) is 28.5 Å². The van der Waals surface area contributed by atoms with Crippen molar-refractivity contribution in [2.24, 2.45) is 0 Å². The summed E-state index contributed by atoms with van der Waals surface area (Å²) in [6.07, 6.45) is 0.681. The van der Waals surface area contributed by atoms with E-state index >= 15 is 0 Å². The summed E-state index contributed by atoms with van der Waals surface area (Å²) in [5.74, 6) is 0.617. The number of esters is 1. The Kier molecular flexibility index (Phi) is 6.04. The monoisotopic (exact) mass is 457 g/mol. The molecule has 3 aromatic rings. The second-order valence-corrected chi connectivity index (χ2v) is 8.05. The van der Waals surface area contributed by atoms with Crippen LogP contribution in [0.25, 0.3) is 11.3 Å². The summed E-state index contributed by atoms with van der Waals surface area (Å²) in [6.45, 7) is 0.407. The molecule has 1 aliphatic heterocycles. The second kappa shape index (κ2) is 8.91. The Hall–Kier alpha value is -3.53. The van der Waals surface area contributed by atoms with Crippen molar-refractivity contribution in [1.82, 2.24) is 15.1 Å². The van der Waals surface area contributed by atoms with E-state index in [1.54, 1.807) is 29.5 Å². The Morgan fingerprint density at radius 3 is 2.44 bits per heavy atom. The molecule has 2 aromatic heterocycles. The Morgan fingerprint density at radius 2 is 1.81 bits per heavy atom. The maximum Gasteiger partial charge on any atom is 0.333 e. The van der Waals surface area contributed by atoms with Crippen LogP contribution in [0.2, 0.25) is 0 Å². The highest BCUT2D eigenvalue weighted by molar-refractivity contribution is 7.10. The number of carbonyl (C=O) groups is 2. The molecule has 9 nitrogen and oxygen atoms in total. The Balaban J connectivity index is 1.67. The number of hydrogen-bond acceptors (Lipinski definition) is 8.